The molecule has 0 fully saturated rings. The number of ether oxygens (including phenoxy) is 1. The number of amides is 1. The van der Waals surface area contributed by atoms with Crippen LogP contribution in [-0.2, 0) is 17.0 Å². The molecule has 0 saturated carbocycles. The highest BCUT2D eigenvalue weighted by Crippen LogP contribution is 2.35. The number of carbonyl (C=O) groups excluding carboxylic acids is 1. The lowest BCUT2D eigenvalue weighted by Crippen LogP contribution is -2.43. The number of benzene rings is 4. The molecule has 4 aromatic carbocycles. The number of nitrogens with zero attached hydrogens (tertiary/aromatic N) is 1. The van der Waals surface area contributed by atoms with Crippen molar-refractivity contribution in [2.75, 3.05) is 0 Å². The maximum Gasteiger partial charge on any atom is 0.281 e. The predicted octanol–water partition coefficient (Wildman–Crippen LogP) is 6.72. The van der Waals surface area contributed by atoms with E-state index in [4.69, 9.17) is 27.9 Å². The summed E-state index contributed by atoms with van der Waals surface area (Å²) < 4.78 is 6.49. The number of halogens is 3. The molecule has 1 amide bonds. The minimum Gasteiger partial charge on any atom is -0.486 e. The average Bonchev–Trinajstić information content (AvgIpc) is 2.89. The van der Waals surface area contributed by atoms with Gasteiger partial charge in [0, 0.05) is 5.02 Å². The van der Waals surface area contributed by atoms with E-state index in [2.05, 4.69) is 26.5 Å². The van der Waals surface area contributed by atoms with Crippen molar-refractivity contribution in [2.24, 2.45) is 5.10 Å². The molecule has 8 heteroatoms. The molecule has 0 radical (unpaired) electrons. The molecule has 0 spiro atoms. The molecule has 5 nitrogen and oxygen atoms in total. The van der Waals surface area contributed by atoms with Crippen LogP contribution < -0.4 is 10.2 Å². The second kappa shape index (κ2) is 11.7. The van der Waals surface area contributed by atoms with Crippen molar-refractivity contribution in [3.8, 4) is 5.75 Å². The minimum absolute atomic E-state index is 0.316. The summed E-state index contributed by atoms with van der Waals surface area (Å²) in [5.74, 6) is -0.209. The molecular formula is C28H21BrCl2N2O3. The zero-order valence-electron chi connectivity index (χ0n) is 18.9. The van der Waals surface area contributed by atoms with Crippen LogP contribution in [-0.4, -0.2) is 17.2 Å². The van der Waals surface area contributed by atoms with Gasteiger partial charge in [-0.3, -0.25) is 4.79 Å². The monoisotopic (exact) mass is 582 g/mol. The standard InChI is InChI=1S/C28H21BrCl2N2O3/c29-24-15-20(16-25(31)26(24)36-18-19-11-13-23(30)14-12-19)17-32-33-27(34)28(35,21-7-3-1-4-8-21)22-9-5-2-6-10-22/h1-17,35H,18H2,(H,33,34)/b32-17+. The summed E-state index contributed by atoms with van der Waals surface area (Å²) in [6, 6.07) is 28.2. The van der Waals surface area contributed by atoms with Crippen molar-refractivity contribution in [3.05, 3.63) is 134 Å². The van der Waals surface area contributed by atoms with Crippen LogP contribution in [0.3, 0.4) is 0 Å². The van der Waals surface area contributed by atoms with Crippen LogP contribution in [0.25, 0.3) is 0 Å². The van der Waals surface area contributed by atoms with Gasteiger partial charge in [-0.1, -0.05) is 96.0 Å². The second-order valence-corrected chi connectivity index (χ2v) is 9.57. The number of hydrogen-bond acceptors (Lipinski definition) is 4. The first-order valence-electron chi connectivity index (χ1n) is 10.9. The molecule has 0 aliphatic carbocycles. The van der Waals surface area contributed by atoms with Crippen molar-refractivity contribution in [1.82, 2.24) is 5.43 Å². The van der Waals surface area contributed by atoms with Crippen LogP contribution in [0, 0.1) is 0 Å². The van der Waals surface area contributed by atoms with Crippen LogP contribution >= 0.6 is 39.1 Å². The van der Waals surface area contributed by atoms with Crippen LogP contribution in [0.2, 0.25) is 10.0 Å². The Kier molecular flexibility index (Phi) is 8.44. The van der Waals surface area contributed by atoms with E-state index in [0.717, 1.165) is 5.56 Å². The van der Waals surface area contributed by atoms with Crippen LogP contribution in [0.5, 0.6) is 5.75 Å². The predicted molar refractivity (Wildman–Crippen MR) is 147 cm³/mol. The molecule has 0 saturated heterocycles. The Morgan fingerprint density at radius 2 is 1.53 bits per heavy atom. The molecule has 182 valence electrons. The van der Waals surface area contributed by atoms with Crippen molar-refractivity contribution in [1.29, 1.82) is 0 Å². The molecule has 0 aliphatic heterocycles. The Morgan fingerprint density at radius 1 is 0.944 bits per heavy atom. The number of carbonyl (C=O) groups is 1. The van der Waals surface area contributed by atoms with E-state index in [1.165, 1.54) is 6.21 Å². The maximum atomic E-state index is 13.1. The van der Waals surface area contributed by atoms with Crippen LogP contribution in [0.15, 0.2) is 107 Å². The third kappa shape index (κ3) is 5.97. The fraction of sp³-hybridized carbons (Fsp3) is 0.0714. The summed E-state index contributed by atoms with van der Waals surface area (Å²) in [4.78, 5) is 13.1. The van der Waals surface area contributed by atoms with E-state index in [0.29, 0.717) is 43.6 Å². The zero-order valence-corrected chi connectivity index (χ0v) is 22.0. The van der Waals surface area contributed by atoms with E-state index >= 15 is 0 Å². The first kappa shape index (κ1) is 25.9. The fourth-order valence-corrected chi connectivity index (χ4v) is 4.68. The molecule has 0 aromatic heterocycles. The second-order valence-electron chi connectivity index (χ2n) is 7.87. The summed E-state index contributed by atoms with van der Waals surface area (Å²) >= 11 is 15.8. The number of nitrogens with one attached hydrogen (secondary N) is 1. The van der Waals surface area contributed by atoms with Gasteiger partial charge in [0.2, 0.25) is 0 Å². The van der Waals surface area contributed by atoms with Gasteiger partial charge in [-0.25, -0.2) is 5.43 Å². The molecule has 2 N–H and O–H groups in total. The van der Waals surface area contributed by atoms with Gasteiger partial charge in [0.15, 0.2) is 11.4 Å². The molecular weight excluding hydrogens is 563 g/mol. The molecule has 36 heavy (non-hydrogen) atoms. The largest absolute Gasteiger partial charge is 0.486 e. The highest BCUT2D eigenvalue weighted by Gasteiger charge is 2.39. The van der Waals surface area contributed by atoms with Gasteiger partial charge in [0.1, 0.15) is 6.61 Å². The quantitative estimate of drug-likeness (QED) is 0.179. The van der Waals surface area contributed by atoms with E-state index < -0.39 is 11.5 Å². The van der Waals surface area contributed by atoms with Crippen molar-refractivity contribution in [2.45, 2.75) is 12.2 Å². The van der Waals surface area contributed by atoms with Gasteiger partial charge in [0.05, 0.1) is 15.7 Å². The van der Waals surface area contributed by atoms with Gasteiger partial charge in [0.25, 0.3) is 5.91 Å². The van der Waals surface area contributed by atoms with Gasteiger partial charge in [-0.15, -0.1) is 0 Å². The van der Waals surface area contributed by atoms with E-state index in [1.807, 2.05) is 24.3 Å². The lowest BCUT2D eigenvalue weighted by atomic mass is 9.85. The molecule has 0 atom stereocenters. The van der Waals surface area contributed by atoms with Crippen LogP contribution in [0.1, 0.15) is 22.3 Å². The highest BCUT2D eigenvalue weighted by atomic mass is 79.9. The van der Waals surface area contributed by atoms with Gasteiger partial charge >= 0.3 is 0 Å². The Morgan fingerprint density at radius 3 is 2.08 bits per heavy atom. The smallest absolute Gasteiger partial charge is 0.281 e. The summed E-state index contributed by atoms with van der Waals surface area (Å²) in [5, 5.41) is 16.6. The molecule has 0 bridgehead atoms. The summed E-state index contributed by atoms with van der Waals surface area (Å²) in [5.41, 5.74) is 2.95. The molecule has 0 heterocycles. The number of rotatable bonds is 8. The molecule has 0 aliphatic rings. The number of hydrazone groups is 1. The Balaban J connectivity index is 1.49. The summed E-state index contributed by atoms with van der Waals surface area (Å²) in [6.07, 6.45) is 1.44. The van der Waals surface area contributed by atoms with Crippen molar-refractivity contribution < 1.29 is 14.6 Å². The Labute approximate surface area is 227 Å². The number of aliphatic hydroxyl groups is 1. The topological polar surface area (TPSA) is 70.9 Å². The van der Waals surface area contributed by atoms with E-state index in [1.54, 1.807) is 72.8 Å². The summed E-state index contributed by atoms with van der Waals surface area (Å²) in [6.45, 7) is 0.316. The third-order valence-electron chi connectivity index (χ3n) is 5.41. The molecule has 4 rings (SSSR count). The van der Waals surface area contributed by atoms with E-state index in [-0.39, 0.29) is 0 Å². The third-order valence-corrected chi connectivity index (χ3v) is 6.53. The average molecular weight is 584 g/mol. The van der Waals surface area contributed by atoms with Crippen LogP contribution in [0.4, 0.5) is 0 Å². The Bertz CT molecular complexity index is 1300. The highest BCUT2D eigenvalue weighted by molar-refractivity contribution is 9.10. The number of hydrogen-bond donors (Lipinski definition) is 2. The Hall–Kier alpha value is -3.16. The van der Waals surface area contributed by atoms with Crippen molar-refractivity contribution in [3.63, 3.8) is 0 Å². The normalized spacial score (nSPS) is 11.4. The lowest BCUT2D eigenvalue weighted by Gasteiger charge is -2.27. The minimum atomic E-state index is -1.92. The first-order chi connectivity index (χ1) is 17.4. The molecule has 0 unspecified atom stereocenters. The summed E-state index contributed by atoms with van der Waals surface area (Å²) in [7, 11) is 0. The van der Waals surface area contributed by atoms with Gasteiger partial charge < -0.3 is 9.84 Å². The fourth-order valence-electron chi connectivity index (χ4n) is 3.56. The zero-order chi connectivity index (χ0) is 25.5. The lowest BCUT2D eigenvalue weighted by molar-refractivity contribution is -0.136. The molecule has 4 aromatic rings. The first-order valence-corrected chi connectivity index (χ1v) is 12.5. The maximum absolute atomic E-state index is 13.1. The van der Waals surface area contributed by atoms with Gasteiger partial charge in [-0.05, 0) is 62.4 Å². The van der Waals surface area contributed by atoms with Crippen molar-refractivity contribution >= 4 is 51.3 Å². The van der Waals surface area contributed by atoms with Gasteiger partial charge in [-0.2, -0.15) is 5.10 Å². The van der Waals surface area contributed by atoms with E-state index in [9.17, 15) is 9.90 Å². The SMILES string of the molecule is O=C(N/N=C/c1cc(Cl)c(OCc2ccc(Cl)cc2)c(Br)c1)C(O)(c1ccccc1)c1ccccc1.